The highest BCUT2D eigenvalue weighted by molar-refractivity contribution is 5.78. The first-order valence-corrected chi connectivity index (χ1v) is 10.8. The number of rotatable bonds is 2. The monoisotopic (exact) mass is 415 g/mol. The highest BCUT2D eigenvalue weighted by Crippen LogP contribution is 2.22. The maximum Gasteiger partial charge on any atom is 0.137 e. The molecule has 5 nitrogen and oxygen atoms in total. The fourth-order valence-electron chi connectivity index (χ4n) is 4.09. The minimum Gasteiger partial charge on any atom is -0.355 e. The van der Waals surface area contributed by atoms with Crippen molar-refractivity contribution in [1.82, 2.24) is 24.5 Å². The van der Waals surface area contributed by atoms with Crippen molar-refractivity contribution in [2.24, 2.45) is 0 Å². The van der Waals surface area contributed by atoms with E-state index in [0.29, 0.717) is 0 Å². The zero-order chi connectivity index (χ0) is 21.5. The number of H-pyrrole nitrogens is 1. The van der Waals surface area contributed by atoms with Crippen LogP contribution in [0.1, 0.15) is 35.3 Å². The van der Waals surface area contributed by atoms with E-state index in [-0.39, 0.29) is 0 Å². The third kappa shape index (κ3) is 3.44. The van der Waals surface area contributed by atoms with Crippen LogP contribution in [0.25, 0.3) is 52.2 Å². The van der Waals surface area contributed by atoms with Crippen molar-refractivity contribution in [2.45, 2.75) is 13.3 Å². The Morgan fingerprint density at radius 1 is 0.688 bits per heavy atom. The molecule has 0 fully saturated rings. The fraction of sp³-hybridized carbons (Fsp3) is 0.0741. The van der Waals surface area contributed by atoms with Crippen LogP contribution in [0.2, 0.25) is 0 Å². The number of hydrogen-bond donors (Lipinski definition) is 1. The van der Waals surface area contributed by atoms with E-state index in [1.54, 1.807) is 0 Å². The van der Waals surface area contributed by atoms with Crippen LogP contribution in [0, 0.1) is 0 Å². The largest absolute Gasteiger partial charge is 0.355 e. The number of aromatic amines is 1. The van der Waals surface area contributed by atoms with Crippen LogP contribution < -0.4 is 0 Å². The average molecular weight is 416 g/mol. The van der Waals surface area contributed by atoms with Crippen molar-refractivity contribution in [2.75, 3.05) is 0 Å². The number of pyridine rings is 1. The normalized spacial score (nSPS) is 12.4. The van der Waals surface area contributed by atoms with Gasteiger partial charge in [-0.15, -0.1) is 0 Å². The van der Waals surface area contributed by atoms with Crippen molar-refractivity contribution in [1.29, 1.82) is 0 Å². The van der Waals surface area contributed by atoms with Crippen LogP contribution >= 0.6 is 0 Å². The molecule has 2 aliphatic heterocycles. The SMILES string of the molecule is CCc1ccnc(-n2c3ccc2cc2nc(cc4ccc(cc5nc(c3)C=C5)[nH]4)C=C2)c1. The van der Waals surface area contributed by atoms with E-state index in [0.717, 1.165) is 57.1 Å². The van der Waals surface area contributed by atoms with Crippen LogP contribution in [0.3, 0.4) is 0 Å². The predicted molar refractivity (Wildman–Crippen MR) is 131 cm³/mol. The molecule has 1 N–H and O–H groups in total. The van der Waals surface area contributed by atoms with Gasteiger partial charge in [-0.25, -0.2) is 15.0 Å². The molecule has 32 heavy (non-hydrogen) atoms. The second-order valence-electron chi connectivity index (χ2n) is 7.93. The average Bonchev–Trinajstić information content (AvgIpc) is 3.59. The standard InChI is InChI=1S/C27H21N5/c1-2-18-11-12-28-27(13-18)32-25-9-10-26(32)17-24-8-6-22(31-24)15-20-4-3-19(29-20)14-21-5-7-23(16-25)30-21/h3-17,29H,2H2,1H3. The van der Waals surface area contributed by atoms with Crippen LogP contribution in [0.5, 0.6) is 0 Å². The summed E-state index contributed by atoms with van der Waals surface area (Å²) >= 11 is 0. The second kappa shape index (κ2) is 7.46. The lowest BCUT2D eigenvalue weighted by Gasteiger charge is -2.07. The molecule has 0 saturated heterocycles. The molecule has 4 aromatic rings. The molecule has 0 radical (unpaired) electrons. The van der Waals surface area contributed by atoms with E-state index in [1.165, 1.54) is 5.56 Å². The van der Waals surface area contributed by atoms with Crippen molar-refractivity contribution in [3.05, 3.63) is 95.2 Å². The Hall–Kier alpha value is -4.25. The second-order valence-corrected chi connectivity index (χ2v) is 7.93. The molecule has 5 heteroatoms. The first-order chi connectivity index (χ1) is 15.7. The topological polar surface area (TPSA) is 59.4 Å². The molecular formula is C27H21N5. The molecule has 0 aliphatic carbocycles. The number of hydrogen-bond acceptors (Lipinski definition) is 3. The summed E-state index contributed by atoms with van der Waals surface area (Å²) < 4.78 is 2.16. The van der Waals surface area contributed by atoms with Gasteiger partial charge >= 0.3 is 0 Å². The van der Waals surface area contributed by atoms with Gasteiger partial charge in [0, 0.05) is 28.3 Å². The lowest BCUT2D eigenvalue weighted by Crippen LogP contribution is -1.98. The molecule has 6 rings (SSSR count). The van der Waals surface area contributed by atoms with Crippen molar-refractivity contribution in [3.63, 3.8) is 0 Å². The Balaban J connectivity index is 1.70. The van der Waals surface area contributed by atoms with Crippen LogP contribution in [-0.4, -0.2) is 24.5 Å². The minimum absolute atomic E-state index is 0.891. The molecule has 0 saturated carbocycles. The predicted octanol–water partition coefficient (Wildman–Crippen LogP) is 6.08. The van der Waals surface area contributed by atoms with Crippen LogP contribution in [0.4, 0.5) is 0 Å². The molecular weight excluding hydrogens is 394 g/mol. The van der Waals surface area contributed by atoms with Crippen molar-refractivity contribution >= 4 is 46.4 Å². The zero-order valence-electron chi connectivity index (χ0n) is 17.7. The van der Waals surface area contributed by atoms with Gasteiger partial charge in [0.15, 0.2) is 0 Å². The molecule has 0 unspecified atom stereocenters. The Kier molecular flexibility index (Phi) is 4.32. The molecule has 2 aliphatic rings. The smallest absolute Gasteiger partial charge is 0.137 e. The van der Waals surface area contributed by atoms with E-state index in [2.05, 4.69) is 82.1 Å². The van der Waals surface area contributed by atoms with Gasteiger partial charge in [0.2, 0.25) is 0 Å². The lowest BCUT2D eigenvalue weighted by atomic mass is 10.2. The number of nitrogens with zero attached hydrogens (tertiary/aromatic N) is 4. The molecule has 6 heterocycles. The highest BCUT2D eigenvalue weighted by atomic mass is 15.1. The molecule has 4 aromatic heterocycles. The Morgan fingerprint density at radius 3 is 1.81 bits per heavy atom. The molecule has 0 amide bonds. The van der Waals surface area contributed by atoms with Crippen molar-refractivity contribution in [3.8, 4) is 5.82 Å². The van der Waals surface area contributed by atoms with E-state index >= 15 is 0 Å². The lowest BCUT2D eigenvalue weighted by molar-refractivity contribution is 1.04. The van der Waals surface area contributed by atoms with E-state index in [4.69, 9.17) is 9.97 Å². The summed E-state index contributed by atoms with van der Waals surface area (Å²) in [5, 5.41) is 0. The van der Waals surface area contributed by atoms with Crippen LogP contribution in [-0.2, 0) is 6.42 Å². The van der Waals surface area contributed by atoms with E-state index < -0.39 is 0 Å². The highest BCUT2D eigenvalue weighted by Gasteiger charge is 2.08. The maximum absolute atomic E-state index is 4.79. The number of aryl methyl sites for hydroxylation is 1. The minimum atomic E-state index is 0.891. The summed E-state index contributed by atoms with van der Waals surface area (Å²) in [4.78, 5) is 17.7. The number of nitrogens with one attached hydrogen (secondary N) is 1. The summed E-state index contributed by atoms with van der Waals surface area (Å²) in [5.74, 6) is 0.891. The van der Waals surface area contributed by atoms with Gasteiger partial charge in [-0.2, -0.15) is 0 Å². The Morgan fingerprint density at radius 2 is 1.25 bits per heavy atom. The summed E-state index contributed by atoms with van der Waals surface area (Å²) in [6, 6.07) is 20.8. The zero-order valence-corrected chi connectivity index (χ0v) is 17.7. The van der Waals surface area contributed by atoms with Gasteiger partial charge in [0.05, 0.1) is 22.8 Å². The quantitative estimate of drug-likeness (QED) is 0.373. The maximum atomic E-state index is 4.79. The van der Waals surface area contributed by atoms with E-state index in [9.17, 15) is 0 Å². The molecule has 0 atom stereocenters. The third-order valence-electron chi connectivity index (χ3n) is 5.68. The first kappa shape index (κ1) is 18.5. The third-order valence-corrected chi connectivity index (χ3v) is 5.68. The van der Waals surface area contributed by atoms with Gasteiger partial charge < -0.3 is 4.98 Å². The molecule has 8 bridgehead atoms. The van der Waals surface area contributed by atoms with Gasteiger partial charge in [-0.05, 0) is 97.0 Å². The summed E-state index contributed by atoms with van der Waals surface area (Å²) in [6.45, 7) is 2.16. The number of aromatic nitrogens is 5. The van der Waals surface area contributed by atoms with Gasteiger partial charge in [-0.1, -0.05) is 6.92 Å². The van der Waals surface area contributed by atoms with Gasteiger partial charge in [0.1, 0.15) is 5.82 Å². The Bertz CT molecular complexity index is 1480. The Labute approximate surface area is 185 Å². The molecule has 0 spiro atoms. The molecule has 0 aromatic carbocycles. The summed E-state index contributed by atoms with van der Waals surface area (Å²) in [5.41, 5.74) is 8.97. The summed E-state index contributed by atoms with van der Waals surface area (Å²) in [7, 11) is 0. The molecule has 154 valence electrons. The number of fused-ring (bicyclic) bond motifs is 8. The van der Waals surface area contributed by atoms with E-state index in [1.807, 2.05) is 30.5 Å². The van der Waals surface area contributed by atoms with Crippen molar-refractivity contribution < 1.29 is 0 Å². The first-order valence-electron chi connectivity index (χ1n) is 10.8. The summed E-state index contributed by atoms with van der Waals surface area (Å²) in [6.07, 6.45) is 11.0. The fourth-order valence-corrected chi connectivity index (χ4v) is 4.09. The van der Waals surface area contributed by atoms with Crippen LogP contribution in [0.15, 0.2) is 66.9 Å². The van der Waals surface area contributed by atoms with Gasteiger partial charge in [0.25, 0.3) is 0 Å². The van der Waals surface area contributed by atoms with Gasteiger partial charge in [-0.3, -0.25) is 4.57 Å².